The van der Waals surface area contributed by atoms with Gasteiger partial charge in [0.1, 0.15) is 5.75 Å². The Morgan fingerprint density at radius 1 is 1.15 bits per heavy atom. The Morgan fingerprint density at radius 2 is 1.81 bits per heavy atom. The number of hydrogen-bond acceptors (Lipinski definition) is 7. The molecule has 0 heterocycles. The molecule has 0 fully saturated rings. The maximum atomic E-state index is 12.4. The highest BCUT2D eigenvalue weighted by Gasteiger charge is 2.18. The van der Waals surface area contributed by atoms with Gasteiger partial charge < -0.3 is 9.47 Å². The molecule has 10 heteroatoms. The molecule has 0 amide bonds. The molecule has 0 aliphatic rings. The topological polar surface area (TPSA) is 125 Å². The first-order valence-electron chi connectivity index (χ1n) is 7.26. The van der Waals surface area contributed by atoms with E-state index in [1.165, 1.54) is 50.6 Å². The highest BCUT2D eigenvalue weighted by atomic mass is 32.2. The number of nitrogens with one attached hydrogen (secondary N) is 1. The number of anilines is 1. The highest BCUT2D eigenvalue weighted by Crippen LogP contribution is 2.30. The van der Waals surface area contributed by atoms with E-state index in [1.54, 1.807) is 0 Å². The Labute approximate surface area is 149 Å². The standard InChI is InChI=1S/C16H16N2O7S/c1-24-15-8-7-13(18(20)21)9-14(15)17-26(22,23)10-11-3-5-12(6-4-11)16(19)25-2/h3-9,17H,10H2,1-2H3. The number of non-ortho nitro benzene ring substituents is 1. The summed E-state index contributed by atoms with van der Waals surface area (Å²) >= 11 is 0. The van der Waals surface area contributed by atoms with Crippen molar-refractivity contribution in [2.75, 3.05) is 18.9 Å². The number of carbonyl (C=O) groups excluding carboxylic acids is 1. The fourth-order valence-corrected chi connectivity index (χ4v) is 3.37. The van der Waals surface area contributed by atoms with Gasteiger partial charge in [-0.25, -0.2) is 13.2 Å². The molecular weight excluding hydrogens is 364 g/mol. The first-order valence-corrected chi connectivity index (χ1v) is 8.91. The molecule has 0 radical (unpaired) electrons. The summed E-state index contributed by atoms with van der Waals surface area (Å²) < 4.78 is 36.6. The second kappa shape index (κ2) is 7.83. The van der Waals surface area contributed by atoms with Crippen molar-refractivity contribution < 1.29 is 27.6 Å². The van der Waals surface area contributed by atoms with Crippen molar-refractivity contribution in [3.8, 4) is 5.75 Å². The second-order valence-corrected chi connectivity index (χ2v) is 6.91. The number of sulfonamides is 1. The molecule has 138 valence electrons. The molecule has 26 heavy (non-hydrogen) atoms. The van der Waals surface area contributed by atoms with Crippen LogP contribution in [0.25, 0.3) is 0 Å². The Balaban J connectivity index is 2.22. The molecule has 0 bridgehead atoms. The zero-order valence-corrected chi connectivity index (χ0v) is 14.8. The van der Waals surface area contributed by atoms with E-state index in [0.717, 1.165) is 6.07 Å². The summed E-state index contributed by atoms with van der Waals surface area (Å²) in [5.41, 5.74) is 0.412. The van der Waals surface area contributed by atoms with Crippen LogP contribution in [0.3, 0.4) is 0 Å². The Bertz CT molecular complexity index is 924. The number of nitro benzene ring substituents is 1. The number of nitrogens with zero attached hydrogens (tertiary/aromatic N) is 1. The average molecular weight is 380 g/mol. The van der Waals surface area contributed by atoms with Gasteiger partial charge in [0.2, 0.25) is 10.0 Å². The number of rotatable bonds is 7. The first kappa shape index (κ1) is 19.2. The van der Waals surface area contributed by atoms with Crippen LogP contribution in [0, 0.1) is 10.1 Å². The summed E-state index contributed by atoms with van der Waals surface area (Å²) in [7, 11) is -1.30. The number of nitro groups is 1. The van der Waals surface area contributed by atoms with Gasteiger partial charge in [-0.15, -0.1) is 0 Å². The molecular formula is C16H16N2O7S. The van der Waals surface area contributed by atoms with Crippen LogP contribution in [0.2, 0.25) is 0 Å². The third-order valence-corrected chi connectivity index (χ3v) is 4.64. The van der Waals surface area contributed by atoms with E-state index >= 15 is 0 Å². The van der Waals surface area contributed by atoms with Crippen LogP contribution in [0.15, 0.2) is 42.5 Å². The molecule has 2 aromatic carbocycles. The van der Waals surface area contributed by atoms with Gasteiger partial charge in [-0.3, -0.25) is 14.8 Å². The number of hydrogen-bond donors (Lipinski definition) is 1. The maximum absolute atomic E-state index is 12.4. The second-order valence-electron chi connectivity index (χ2n) is 5.19. The van der Waals surface area contributed by atoms with Gasteiger partial charge in [-0.2, -0.15) is 0 Å². The lowest BCUT2D eigenvalue weighted by molar-refractivity contribution is -0.384. The van der Waals surface area contributed by atoms with Crippen molar-refractivity contribution in [3.05, 3.63) is 63.7 Å². The van der Waals surface area contributed by atoms with Gasteiger partial charge in [-0.05, 0) is 23.8 Å². The summed E-state index contributed by atoms with van der Waals surface area (Å²) in [6.45, 7) is 0. The number of methoxy groups -OCH3 is 2. The van der Waals surface area contributed by atoms with E-state index in [9.17, 15) is 23.3 Å². The Kier molecular flexibility index (Phi) is 5.78. The first-order chi connectivity index (χ1) is 12.3. The minimum absolute atomic E-state index is 0.0344. The average Bonchev–Trinajstić information content (AvgIpc) is 2.60. The van der Waals surface area contributed by atoms with E-state index in [0.29, 0.717) is 11.1 Å². The summed E-state index contributed by atoms with van der Waals surface area (Å²) in [6, 6.07) is 9.46. The summed E-state index contributed by atoms with van der Waals surface area (Å²) in [6.07, 6.45) is 0. The molecule has 9 nitrogen and oxygen atoms in total. The van der Waals surface area contributed by atoms with Gasteiger partial charge in [0.15, 0.2) is 0 Å². The van der Waals surface area contributed by atoms with E-state index < -0.39 is 20.9 Å². The largest absolute Gasteiger partial charge is 0.495 e. The molecule has 2 aromatic rings. The number of ether oxygens (including phenoxy) is 2. The molecule has 0 saturated carbocycles. The lowest BCUT2D eigenvalue weighted by atomic mass is 10.1. The van der Waals surface area contributed by atoms with Gasteiger partial charge >= 0.3 is 5.97 Å². The quantitative estimate of drug-likeness (QED) is 0.444. The monoisotopic (exact) mass is 380 g/mol. The van der Waals surface area contributed by atoms with Crippen LogP contribution < -0.4 is 9.46 Å². The van der Waals surface area contributed by atoms with Crippen LogP contribution in [-0.2, 0) is 20.5 Å². The number of benzene rings is 2. The fraction of sp³-hybridized carbons (Fsp3) is 0.188. The van der Waals surface area contributed by atoms with Crippen LogP contribution >= 0.6 is 0 Å². The van der Waals surface area contributed by atoms with Crippen molar-refractivity contribution in [1.29, 1.82) is 0 Å². The van der Waals surface area contributed by atoms with Crippen molar-refractivity contribution in [3.63, 3.8) is 0 Å². The molecule has 2 rings (SSSR count). The van der Waals surface area contributed by atoms with Crippen molar-refractivity contribution in [2.45, 2.75) is 5.75 Å². The molecule has 0 aliphatic heterocycles. The van der Waals surface area contributed by atoms with Crippen LogP contribution in [0.5, 0.6) is 5.75 Å². The minimum atomic E-state index is -3.87. The van der Waals surface area contributed by atoms with Crippen molar-refractivity contribution in [2.24, 2.45) is 0 Å². The molecule has 0 unspecified atom stereocenters. The van der Waals surface area contributed by atoms with Gasteiger partial charge in [0.25, 0.3) is 5.69 Å². The van der Waals surface area contributed by atoms with Crippen LogP contribution in [-0.4, -0.2) is 33.5 Å². The van der Waals surface area contributed by atoms with Gasteiger partial charge in [0, 0.05) is 12.1 Å². The van der Waals surface area contributed by atoms with Gasteiger partial charge in [-0.1, -0.05) is 12.1 Å². The Morgan fingerprint density at radius 3 is 2.35 bits per heavy atom. The van der Waals surface area contributed by atoms with Crippen molar-refractivity contribution in [1.82, 2.24) is 0 Å². The SMILES string of the molecule is COC(=O)c1ccc(CS(=O)(=O)Nc2cc([N+](=O)[O-])ccc2OC)cc1. The smallest absolute Gasteiger partial charge is 0.337 e. The minimum Gasteiger partial charge on any atom is -0.495 e. The summed E-state index contributed by atoms with van der Waals surface area (Å²) in [5, 5.41) is 10.9. The van der Waals surface area contributed by atoms with Crippen molar-refractivity contribution >= 4 is 27.4 Å². The number of esters is 1. The lowest BCUT2D eigenvalue weighted by Crippen LogP contribution is -2.16. The predicted octanol–water partition coefficient (Wildman–Crippen LogP) is 2.33. The van der Waals surface area contributed by atoms with E-state index in [4.69, 9.17) is 4.74 Å². The summed E-state index contributed by atoms with van der Waals surface area (Å²) in [4.78, 5) is 21.6. The zero-order valence-electron chi connectivity index (χ0n) is 14.0. The number of carbonyl (C=O) groups is 1. The lowest BCUT2D eigenvalue weighted by Gasteiger charge is -2.12. The molecule has 0 atom stereocenters. The fourth-order valence-electron chi connectivity index (χ4n) is 2.17. The molecule has 0 spiro atoms. The normalized spacial score (nSPS) is 10.8. The summed E-state index contributed by atoms with van der Waals surface area (Å²) in [5.74, 6) is -0.764. The third-order valence-electron chi connectivity index (χ3n) is 3.39. The Hall–Kier alpha value is -3.14. The van der Waals surface area contributed by atoms with Gasteiger partial charge in [0.05, 0.1) is 36.1 Å². The third kappa shape index (κ3) is 4.70. The molecule has 0 aromatic heterocycles. The predicted molar refractivity (Wildman–Crippen MR) is 93.7 cm³/mol. The van der Waals surface area contributed by atoms with E-state index in [-0.39, 0.29) is 22.9 Å². The highest BCUT2D eigenvalue weighted by molar-refractivity contribution is 7.91. The molecule has 0 aliphatic carbocycles. The van der Waals surface area contributed by atoms with Crippen LogP contribution in [0.1, 0.15) is 15.9 Å². The molecule has 1 N–H and O–H groups in total. The van der Waals surface area contributed by atoms with E-state index in [1.807, 2.05) is 0 Å². The maximum Gasteiger partial charge on any atom is 0.337 e. The van der Waals surface area contributed by atoms with E-state index in [2.05, 4.69) is 9.46 Å². The van der Waals surface area contributed by atoms with Crippen LogP contribution in [0.4, 0.5) is 11.4 Å². The zero-order chi connectivity index (χ0) is 19.3. The molecule has 0 saturated heterocycles.